The first-order valence-corrected chi connectivity index (χ1v) is 8.47. The number of rotatable bonds is 5. The number of nitrogens with zero attached hydrogens (tertiary/aromatic N) is 3. The van der Waals surface area contributed by atoms with E-state index in [1.54, 1.807) is 21.7 Å². The molecule has 2 heterocycles. The van der Waals surface area contributed by atoms with E-state index in [9.17, 15) is 9.18 Å². The highest BCUT2D eigenvalue weighted by molar-refractivity contribution is 5.98. The van der Waals surface area contributed by atoms with Gasteiger partial charge in [-0.15, -0.1) is 0 Å². The Morgan fingerprint density at radius 3 is 2.69 bits per heavy atom. The van der Waals surface area contributed by atoms with Crippen LogP contribution >= 0.6 is 0 Å². The summed E-state index contributed by atoms with van der Waals surface area (Å²) in [6, 6.07) is 7.48. The van der Waals surface area contributed by atoms with Crippen molar-refractivity contribution < 1.29 is 9.18 Å². The van der Waals surface area contributed by atoms with Gasteiger partial charge in [-0.25, -0.2) is 4.39 Å². The normalized spacial score (nSPS) is 14.8. The van der Waals surface area contributed by atoms with Crippen molar-refractivity contribution in [3.63, 3.8) is 0 Å². The summed E-state index contributed by atoms with van der Waals surface area (Å²) in [7, 11) is 1.87. The van der Waals surface area contributed by atoms with Gasteiger partial charge in [0.05, 0.1) is 5.69 Å². The van der Waals surface area contributed by atoms with Crippen LogP contribution in [0.25, 0.3) is 5.57 Å². The van der Waals surface area contributed by atoms with Crippen molar-refractivity contribution in [3.05, 3.63) is 83.0 Å². The first-order valence-electron chi connectivity index (χ1n) is 8.47. The molecule has 1 aromatic heterocycles. The van der Waals surface area contributed by atoms with E-state index in [0.29, 0.717) is 17.7 Å². The molecule has 1 aliphatic rings. The van der Waals surface area contributed by atoms with Crippen LogP contribution in [0.4, 0.5) is 4.39 Å². The van der Waals surface area contributed by atoms with Gasteiger partial charge in [0.2, 0.25) is 0 Å². The number of benzene rings is 1. The molecule has 3 rings (SSSR count). The summed E-state index contributed by atoms with van der Waals surface area (Å²) in [5.41, 5.74) is 4.96. The molecule has 0 radical (unpaired) electrons. The summed E-state index contributed by atoms with van der Waals surface area (Å²) in [4.78, 5) is 14.1. The van der Waals surface area contributed by atoms with Gasteiger partial charge in [-0.1, -0.05) is 36.9 Å². The molecule has 5 heteroatoms. The lowest BCUT2D eigenvalue weighted by Gasteiger charge is -2.17. The van der Waals surface area contributed by atoms with E-state index in [0.717, 1.165) is 22.4 Å². The van der Waals surface area contributed by atoms with Crippen molar-refractivity contribution in [1.82, 2.24) is 14.7 Å². The van der Waals surface area contributed by atoms with Crippen LogP contribution in [0.15, 0.2) is 60.6 Å². The minimum atomic E-state index is -0.527. The van der Waals surface area contributed by atoms with Crippen LogP contribution in [0.3, 0.4) is 0 Å². The smallest absolute Gasteiger partial charge is 0.254 e. The molecule has 26 heavy (non-hydrogen) atoms. The molecule has 1 aromatic carbocycles. The molecule has 0 saturated carbocycles. The van der Waals surface area contributed by atoms with Gasteiger partial charge in [-0.2, -0.15) is 5.10 Å². The van der Waals surface area contributed by atoms with Crippen molar-refractivity contribution in [1.29, 1.82) is 0 Å². The monoisotopic (exact) mass is 351 g/mol. The van der Waals surface area contributed by atoms with E-state index >= 15 is 0 Å². The molecule has 0 aliphatic carbocycles. The van der Waals surface area contributed by atoms with Crippen LogP contribution in [0.2, 0.25) is 0 Å². The molecule has 134 valence electrons. The Balaban J connectivity index is 1.81. The van der Waals surface area contributed by atoms with Gasteiger partial charge in [0.15, 0.2) is 0 Å². The molecule has 0 spiro atoms. The van der Waals surface area contributed by atoms with Crippen LogP contribution in [0, 0.1) is 6.92 Å². The minimum absolute atomic E-state index is 0.0726. The van der Waals surface area contributed by atoms with Crippen molar-refractivity contribution in [2.75, 3.05) is 6.54 Å². The summed E-state index contributed by atoms with van der Waals surface area (Å²) in [5, 5.41) is 4.32. The van der Waals surface area contributed by atoms with E-state index in [1.165, 1.54) is 0 Å². The first-order chi connectivity index (χ1) is 12.4. The number of fused-ring (bicyclic) bond motifs is 1. The van der Waals surface area contributed by atoms with Crippen molar-refractivity contribution in [2.45, 2.75) is 20.4 Å². The number of allylic oxidation sites excluding steroid dienone is 3. The van der Waals surface area contributed by atoms with E-state index in [4.69, 9.17) is 0 Å². The fourth-order valence-electron chi connectivity index (χ4n) is 3.18. The maximum absolute atomic E-state index is 14.0. The number of carbonyl (C=O) groups excluding carboxylic acids is 1. The number of hydrogen-bond acceptors (Lipinski definition) is 2. The quantitative estimate of drug-likeness (QED) is 0.757. The van der Waals surface area contributed by atoms with Gasteiger partial charge in [-0.3, -0.25) is 9.48 Å². The summed E-state index contributed by atoms with van der Waals surface area (Å²) < 4.78 is 15.7. The number of aromatic nitrogens is 2. The summed E-state index contributed by atoms with van der Waals surface area (Å²) in [6.45, 7) is 8.00. The lowest BCUT2D eigenvalue weighted by atomic mass is 10.1. The Kier molecular flexibility index (Phi) is 4.89. The summed E-state index contributed by atoms with van der Waals surface area (Å²) >= 11 is 0. The molecule has 1 aliphatic heterocycles. The van der Waals surface area contributed by atoms with E-state index < -0.39 is 5.83 Å². The molecule has 0 unspecified atom stereocenters. The standard InChI is InChI=1S/C21H22FN3O/c1-14(20-13-24(4)23-16(20)3)9-10-17(15(2)22)11-25-12-18-7-5-6-8-19(18)21(25)26/h5-10,13H,2,11-12H2,1,3-4H3/b14-9+,17-10-. The van der Waals surface area contributed by atoms with Crippen LogP contribution in [0.1, 0.15) is 34.1 Å². The Morgan fingerprint density at radius 2 is 2.08 bits per heavy atom. The Hall–Kier alpha value is -2.95. The van der Waals surface area contributed by atoms with Gasteiger partial charge < -0.3 is 4.90 Å². The lowest BCUT2D eigenvalue weighted by molar-refractivity contribution is 0.0792. The molecule has 0 bridgehead atoms. The predicted molar refractivity (Wildman–Crippen MR) is 101 cm³/mol. The fourth-order valence-corrected chi connectivity index (χ4v) is 3.18. The molecule has 0 fully saturated rings. The first kappa shape index (κ1) is 17.9. The van der Waals surface area contributed by atoms with E-state index in [1.807, 2.05) is 51.4 Å². The van der Waals surface area contributed by atoms with Crippen LogP contribution < -0.4 is 0 Å². The Bertz CT molecular complexity index is 936. The number of aryl methyl sites for hydroxylation is 2. The van der Waals surface area contributed by atoms with Crippen LogP contribution in [-0.2, 0) is 13.6 Å². The van der Waals surface area contributed by atoms with Gasteiger partial charge >= 0.3 is 0 Å². The fraction of sp³-hybridized carbons (Fsp3) is 0.238. The molecule has 1 amide bonds. The number of carbonyl (C=O) groups is 1. The zero-order valence-corrected chi connectivity index (χ0v) is 15.3. The second kappa shape index (κ2) is 7.12. The van der Waals surface area contributed by atoms with Crippen molar-refractivity contribution >= 4 is 11.5 Å². The molecular formula is C21H22FN3O. The minimum Gasteiger partial charge on any atom is -0.330 e. The molecule has 4 nitrogen and oxygen atoms in total. The largest absolute Gasteiger partial charge is 0.330 e. The van der Waals surface area contributed by atoms with Gasteiger partial charge in [-0.05, 0) is 31.1 Å². The number of amides is 1. The maximum Gasteiger partial charge on any atom is 0.254 e. The van der Waals surface area contributed by atoms with Gasteiger partial charge in [0.25, 0.3) is 5.91 Å². The molecular weight excluding hydrogens is 329 g/mol. The zero-order valence-electron chi connectivity index (χ0n) is 15.3. The highest BCUT2D eigenvalue weighted by Crippen LogP contribution is 2.25. The highest BCUT2D eigenvalue weighted by Gasteiger charge is 2.27. The average molecular weight is 351 g/mol. The third kappa shape index (κ3) is 3.52. The molecule has 0 N–H and O–H groups in total. The molecule has 2 aromatic rings. The second-order valence-corrected chi connectivity index (χ2v) is 6.57. The average Bonchev–Trinajstić information content (AvgIpc) is 3.10. The molecule has 0 atom stereocenters. The predicted octanol–water partition coefficient (Wildman–Crippen LogP) is 4.20. The third-order valence-corrected chi connectivity index (χ3v) is 4.58. The number of halogens is 1. The number of hydrogen-bond donors (Lipinski definition) is 0. The lowest BCUT2D eigenvalue weighted by Crippen LogP contribution is -2.26. The maximum atomic E-state index is 14.0. The topological polar surface area (TPSA) is 38.1 Å². The summed E-state index contributed by atoms with van der Waals surface area (Å²) in [5.74, 6) is -0.600. The zero-order chi connectivity index (χ0) is 18.8. The van der Waals surface area contributed by atoms with E-state index in [-0.39, 0.29) is 12.5 Å². The summed E-state index contributed by atoms with van der Waals surface area (Å²) in [6.07, 6.45) is 5.47. The molecule has 0 saturated heterocycles. The highest BCUT2D eigenvalue weighted by atomic mass is 19.1. The van der Waals surface area contributed by atoms with Gasteiger partial charge in [0.1, 0.15) is 5.83 Å². The van der Waals surface area contributed by atoms with Crippen LogP contribution in [-0.4, -0.2) is 27.1 Å². The SMILES string of the molecule is C=C(F)/C(=C\C=C(/C)c1cn(C)nc1C)CN1Cc2ccccc2C1=O. The van der Waals surface area contributed by atoms with Crippen molar-refractivity contribution in [2.24, 2.45) is 7.05 Å². The third-order valence-electron chi connectivity index (χ3n) is 4.58. The Labute approximate surface area is 152 Å². The Morgan fingerprint density at radius 1 is 1.35 bits per heavy atom. The second-order valence-electron chi connectivity index (χ2n) is 6.57. The van der Waals surface area contributed by atoms with Gasteiger partial charge in [0, 0.05) is 43.0 Å². The van der Waals surface area contributed by atoms with Crippen LogP contribution in [0.5, 0.6) is 0 Å². The van der Waals surface area contributed by atoms with E-state index in [2.05, 4.69) is 11.7 Å². The van der Waals surface area contributed by atoms with Crippen molar-refractivity contribution in [3.8, 4) is 0 Å².